The number of carbonyl (C=O) groups excluding carboxylic acids is 1. The maximum atomic E-state index is 11.8. The van der Waals surface area contributed by atoms with E-state index >= 15 is 0 Å². The lowest BCUT2D eigenvalue weighted by molar-refractivity contribution is 0.0997. The van der Waals surface area contributed by atoms with Crippen LogP contribution in [0, 0.1) is 6.92 Å². The third-order valence-corrected chi connectivity index (χ3v) is 3.12. The van der Waals surface area contributed by atoms with Gasteiger partial charge in [0.1, 0.15) is 5.56 Å². The second kappa shape index (κ2) is 4.93. The first kappa shape index (κ1) is 14.4. The van der Waals surface area contributed by atoms with Gasteiger partial charge in [-0.3, -0.25) is 18.7 Å². The molecular weight excluding hydrogens is 263 g/mol. The number of aryl methyl sites for hydroxylation is 1. The lowest BCUT2D eigenvalue weighted by atomic mass is 10.1. The summed E-state index contributed by atoms with van der Waals surface area (Å²) in [5.74, 6) is -1.43. The monoisotopic (exact) mass is 276 g/mol. The van der Waals surface area contributed by atoms with E-state index in [-0.39, 0.29) is 11.1 Å². The largest absolute Gasteiger partial charge is 0.494 e. The van der Waals surface area contributed by atoms with Crippen molar-refractivity contribution in [2.75, 3.05) is 6.16 Å². The lowest BCUT2D eigenvalue weighted by Gasteiger charge is -2.12. The topological polar surface area (TPSA) is 143 Å². The summed E-state index contributed by atoms with van der Waals surface area (Å²) in [6.07, 6.45) is -0.623. The van der Waals surface area contributed by atoms with Crippen LogP contribution in [-0.4, -0.2) is 31.5 Å². The van der Waals surface area contributed by atoms with Crippen molar-refractivity contribution in [3.8, 4) is 5.88 Å². The number of hydrogen-bond donors (Lipinski definition) is 4. The van der Waals surface area contributed by atoms with Gasteiger partial charge in [-0.25, -0.2) is 0 Å². The van der Waals surface area contributed by atoms with Crippen LogP contribution in [0.1, 0.15) is 15.9 Å². The Kier molecular flexibility index (Phi) is 3.95. The van der Waals surface area contributed by atoms with Crippen LogP contribution in [0.4, 0.5) is 0 Å². The fraction of sp³-hybridized carbons (Fsp3) is 0.333. The number of nitrogens with zero attached hydrogens (tertiary/aromatic N) is 1. The SMILES string of the molecule is Cc1cc(O)n(CCP(=O)(O)O)c(=O)c1C(N)=O. The number of aromatic nitrogens is 1. The molecule has 0 spiro atoms. The first-order valence-electron chi connectivity index (χ1n) is 4.91. The molecule has 1 amide bonds. The molecule has 0 unspecified atom stereocenters. The summed E-state index contributed by atoms with van der Waals surface area (Å²) in [5, 5.41) is 9.53. The van der Waals surface area contributed by atoms with Gasteiger partial charge in [-0.1, -0.05) is 0 Å². The number of carbonyl (C=O) groups is 1. The summed E-state index contributed by atoms with van der Waals surface area (Å²) in [6, 6.07) is 1.14. The van der Waals surface area contributed by atoms with Gasteiger partial charge in [-0.15, -0.1) is 0 Å². The predicted octanol–water partition coefficient (Wildman–Crippen LogP) is -0.861. The molecule has 0 aliphatic carbocycles. The number of aromatic hydroxyl groups is 1. The van der Waals surface area contributed by atoms with Gasteiger partial charge in [0.2, 0.25) is 0 Å². The summed E-state index contributed by atoms with van der Waals surface area (Å²) in [4.78, 5) is 40.3. The van der Waals surface area contributed by atoms with E-state index in [0.29, 0.717) is 4.57 Å². The zero-order valence-corrected chi connectivity index (χ0v) is 10.4. The van der Waals surface area contributed by atoms with Crippen molar-refractivity contribution < 1.29 is 24.3 Å². The number of primary amides is 1. The molecule has 0 aliphatic rings. The molecule has 0 aliphatic heterocycles. The van der Waals surface area contributed by atoms with Crippen LogP contribution < -0.4 is 11.3 Å². The summed E-state index contributed by atoms with van der Waals surface area (Å²) < 4.78 is 11.4. The minimum atomic E-state index is -4.31. The lowest BCUT2D eigenvalue weighted by Crippen LogP contribution is -2.31. The molecule has 8 nitrogen and oxygen atoms in total. The van der Waals surface area contributed by atoms with Crippen LogP contribution >= 0.6 is 7.60 Å². The molecule has 0 radical (unpaired) electrons. The van der Waals surface area contributed by atoms with E-state index < -0.39 is 37.6 Å². The maximum Gasteiger partial charge on any atom is 0.327 e. The smallest absolute Gasteiger partial charge is 0.327 e. The Hall–Kier alpha value is -1.63. The van der Waals surface area contributed by atoms with Crippen LogP contribution in [0.5, 0.6) is 5.88 Å². The van der Waals surface area contributed by atoms with E-state index in [0.717, 1.165) is 6.07 Å². The molecule has 1 aromatic heterocycles. The second-order valence-electron chi connectivity index (χ2n) is 3.77. The van der Waals surface area contributed by atoms with E-state index in [2.05, 4.69) is 0 Å². The van der Waals surface area contributed by atoms with Gasteiger partial charge < -0.3 is 20.6 Å². The van der Waals surface area contributed by atoms with E-state index in [9.17, 15) is 19.3 Å². The molecule has 0 bridgehead atoms. The van der Waals surface area contributed by atoms with Crippen molar-refractivity contribution in [2.24, 2.45) is 5.73 Å². The molecule has 1 aromatic rings. The summed E-state index contributed by atoms with van der Waals surface area (Å²) in [7, 11) is -4.31. The molecule has 5 N–H and O–H groups in total. The summed E-state index contributed by atoms with van der Waals surface area (Å²) >= 11 is 0. The van der Waals surface area contributed by atoms with E-state index in [4.69, 9.17) is 15.5 Å². The molecule has 9 heteroatoms. The van der Waals surface area contributed by atoms with Gasteiger partial charge in [-0.2, -0.15) is 0 Å². The number of rotatable bonds is 4. The Labute approximate surface area is 102 Å². The van der Waals surface area contributed by atoms with Crippen LogP contribution in [0.25, 0.3) is 0 Å². The molecule has 0 aromatic carbocycles. The first-order valence-corrected chi connectivity index (χ1v) is 6.71. The van der Waals surface area contributed by atoms with Crippen molar-refractivity contribution in [2.45, 2.75) is 13.5 Å². The molecule has 0 saturated carbocycles. The third kappa shape index (κ3) is 3.19. The molecule has 1 rings (SSSR count). The van der Waals surface area contributed by atoms with Crippen LogP contribution in [0.3, 0.4) is 0 Å². The van der Waals surface area contributed by atoms with Gasteiger partial charge in [-0.05, 0) is 12.5 Å². The van der Waals surface area contributed by atoms with E-state index in [1.807, 2.05) is 0 Å². The van der Waals surface area contributed by atoms with Crippen molar-refractivity contribution in [3.05, 3.63) is 27.5 Å². The minimum Gasteiger partial charge on any atom is -0.494 e. The molecular formula is C9H13N2O6P. The highest BCUT2D eigenvalue weighted by Gasteiger charge is 2.19. The summed E-state index contributed by atoms with van der Waals surface area (Å²) in [6.45, 7) is 1.02. The van der Waals surface area contributed by atoms with Gasteiger partial charge in [0.15, 0.2) is 5.88 Å². The Balaban J connectivity index is 3.29. The predicted molar refractivity (Wildman–Crippen MR) is 62.5 cm³/mol. The maximum absolute atomic E-state index is 11.8. The quantitative estimate of drug-likeness (QED) is 0.527. The molecule has 1 heterocycles. The summed E-state index contributed by atoms with van der Waals surface area (Å²) in [5.41, 5.74) is 4.06. The van der Waals surface area contributed by atoms with Gasteiger partial charge in [0.25, 0.3) is 11.5 Å². The molecule has 0 fully saturated rings. The highest BCUT2D eigenvalue weighted by Crippen LogP contribution is 2.34. The van der Waals surface area contributed by atoms with Crippen molar-refractivity contribution >= 4 is 13.5 Å². The van der Waals surface area contributed by atoms with Crippen molar-refractivity contribution in [3.63, 3.8) is 0 Å². The average molecular weight is 276 g/mol. The normalized spacial score (nSPS) is 11.5. The Bertz CT molecular complexity index is 587. The Morgan fingerprint density at radius 2 is 2.06 bits per heavy atom. The van der Waals surface area contributed by atoms with Crippen LogP contribution in [0.15, 0.2) is 10.9 Å². The Morgan fingerprint density at radius 3 is 2.50 bits per heavy atom. The van der Waals surface area contributed by atoms with E-state index in [1.165, 1.54) is 6.92 Å². The van der Waals surface area contributed by atoms with Crippen molar-refractivity contribution in [1.29, 1.82) is 0 Å². The van der Waals surface area contributed by atoms with Gasteiger partial charge in [0.05, 0.1) is 6.16 Å². The van der Waals surface area contributed by atoms with Gasteiger partial charge in [0, 0.05) is 12.6 Å². The standard InChI is InChI=1S/C9H13N2O6P/c1-5-4-6(12)11(2-3-18(15,16)17)9(14)7(5)8(10)13/h4,12H,2-3H2,1H3,(H2,10,13)(H2,15,16,17). The Morgan fingerprint density at radius 1 is 1.50 bits per heavy atom. The molecule has 0 saturated heterocycles. The fourth-order valence-corrected chi connectivity index (χ4v) is 1.96. The average Bonchev–Trinajstić information content (AvgIpc) is 2.13. The zero-order chi connectivity index (χ0) is 14.1. The number of amides is 1. The van der Waals surface area contributed by atoms with Crippen molar-refractivity contribution in [1.82, 2.24) is 4.57 Å². The first-order chi connectivity index (χ1) is 8.13. The number of hydrogen-bond acceptors (Lipinski definition) is 4. The highest BCUT2D eigenvalue weighted by molar-refractivity contribution is 7.51. The van der Waals surface area contributed by atoms with Crippen LogP contribution in [0.2, 0.25) is 0 Å². The van der Waals surface area contributed by atoms with E-state index in [1.54, 1.807) is 0 Å². The highest BCUT2D eigenvalue weighted by atomic mass is 31.2. The fourth-order valence-electron chi connectivity index (χ4n) is 1.50. The number of pyridine rings is 1. The second-order valence-corrected chi connectivity index (χ2v) is 5.55. The molecule has 100 valence electrons. The zero-order valence-electron chi connectivity index (χ0n) is 9.53. The molecule has 18 heavy (non-hydrogen) atoms. The van der Waals surface area contributed by atoms with Crippen LogP contribution in [-0.2, 0) is 11.1 Å². The minimum absolute atomic E-state index is 0.206. The third-order valence-electron chi connectivity index (χ3n) is 2.34. The van der Waals surface area contributed by atoms with Gasteiger partial charge >= 0.3 is 7.60 Å². The molecule has 0 atom stereocenters. The number of nitrogens with two attached hydrogens (primary N) is 1.